The number of hydrogen-bond acceptors (Lipinski definition) is 3. The molecule has 0 saturated heterocycles. The number of rotatable bonds is 4. The van der Waals surface area contributed by atoms with Gasteiger partial charge in [0.1, 0.15) is 9.75 Å². The molecule has 0 amide bonds. The zero-order valence-corrected chi connectivity index (χ0v) is 11.3. The van der Waals surface area contributed by atoms with E-state index in [1.807, 2.05) is 6.07 Å². The number of Topliss-reactive ketones (excluding diaryl/α,β-unsaturated/α-hetero) is 1. The highest BCUT2D eigenvalue weighted by atomic mass is 35.5. The fraction of sp³-hybridized carbons (Fsp3) is 0.385. The van der Waals surface area contributed by atoms with Gasteiger partial charge in [-0.1, -0.05) is 30.3 Å². The fourth-order valence-electron chi connectivity index (χ4n) is 1.62. The Morgan fingerprint density at radius 1 is 1.28 bits per heavy atom. The van der Waals surface area contributed by atoms with Crippen molar-refractivity contribution >= 4 is 35.0 Å². The van der Waals surface area contributed by atoms with Crippen LogP contribution in [0.25, 0.3) is 0 Å². The molecule has 0 bridgehead atoms. The van der Waals surface area contributed by atoms with Crippen LogP contribution in [0, 0.1) is 5.41 Å². The maximum Gasteiger partial charge on any atom is 0.315 e. The van der Waals surface area contributed by atoms with E-state index in [1.165, 1.54) is 0 Å². The van der Waals surface area contributed by atoms with Crippen molar-refractivity contribution in [2.45, 2.75) is 17.7 Å². The van der Waals surface area contributed by atoms with Crippen LogP contribution < -0.4 is 0 Å². The molecular weight excluding hydrogens is 275 g/mol. The number of hydrogen-bond donors (Lipinski definition) is 0. The highest BCUT2D eigenvalue weighted by molar-refractivity contribution is 6.53. The van der Waals surface area contributed by atoms with Crippen LogP contribution in [-0.4, -0.2) is 22.7 Å². The van der Waals surface area contributed by atoms with Crippen molar-refractivity contribution in [1.82, 2.24) is 0 Å². The Labute approximate surface area is 115 Å². The summed E-state index contributed by atoms with van der Waals surface area (Å²) < 4.78 is 3.89. The lowest BCUT2D eigenvalue weighted by Crippen LogP contribution is -2.24. The number of halogens is 2. The van der Waals surface area contributed by atoms with Crippen molar-refractivity contribution in [3.05, 3.63) is 35.9 Å². The Bertz CT molecular complexity index is 484. The zero-order valence-electron chi connectivity index (χ0n) is 9.78. The number of benzene rings is 1. The Morgan fingerprint density at radius 3 is 2.33 bits per heavy atom. The highest BCUT2D eigenvalue weighted by Crippen LogP contribution is 2.64. The first-order valence-electron chi connectivity index (χ1n) is 5.50. The van der Waals surface area contributed by atoms with E-state index in [0.29, 0.717) is 12.0 Å². The second-order valence-electron chi connectivity index (χ2n) is 4.58. The molecule has 0 spiro atoms. The lowest BCUT2D eigenvalue weighted by molar-refractivity contribution is -0.148. The summed E-state index contributed by atoms with van der Waals surface area (Å²) in [5, 5.41) is 0. The summed E-state index contributed by atoms with van der Waals surface area (Å²) in [5.41, 5.74) is -0.387. The molecule has 2 rings (SSSR count). The Hall–Kier alpha value is -1.06. The third kappa shape index (κ3) is 2.38. The van der Waals surface area contributed by atoms with E-state index in [4.69, 9.17) is 27.9 Å². The third-order valence-corrected chi connectivity index (χ3v) is 4.24. The van der Waals surface area contributed by atoms with Gasteiger partial charge in [0.2, 0.25) is 0 Å². The minimum atomic E-state index is -1.07. The van der Waals surface area contributed by atoms with Gasteiger partial charge in [-0.2, -0.15) is 0 Å². The third-order valence-electron chi connectivity index (χ3n) is 3.14. The van der Waals surface area contributed by atoms with E-state index >= 15 is 0 Å². The van der Waals surface area contributed by atoms with Gasteiger partial charge < -0.3 is 4.74 Å². The molecule has 1 aromatic carbocycles. The van der Waals surface area contributed by atoms with Crippen LogP contribution in [-0.2, 0) is 9.53 Å². The molecule has 96 valence electrons. The van der Waals surface area contributed by atoms with Gasteiger partial charge in [0, 0.05) is 12.0 Å². The van der Waals surface area contributed by atoms with Crippen LogP contribution in [0.4, 0.5) is 0 Å². The molecule has 1 aromatic rings. The smallest absolute Gasteiger partial charge is 0.315 e. The van der Waals surface area contributed by atoms with Crippen molar-refractivity contribution in [2.75, 3.05) is 6.61 Å². The predicted molar refractivity (Wildman–Crippen MR) is 68.9 cm³/mol. The predicted octanol–water partition coefficient (Wildman–Crippen LogP) is 3.00. The number of esters is 1. The molecule has 0 N–H and O–H groups in total. The Morgan fingerprint density at radius 2 is 1.83 bits per heavy atom. The van der Waals surface area contributed by atoms with Crippen molar-refractivity contribution in [3.63, 3.8) is 0 Å². The molecule has 1 aliphatic carbocycles. The van der Waals surface area contributed by atoms with Crippen LogP contribution in [0.15, 0.2) is 30.3 Å². The Balaban J connectivity index is 1.90. The molecular formula is C13H12Cl2O3. The maximum atomic E-state index is 11.7. The summed E-state index contributed by atoms with van der Waals surface area (Å²) in [4.78, 5) is 23.4. The summed E-state index contributed by atoms with van der Waals surface area (Å²) >= 11 is 11.7. The first kappa shape index (κ1) is 13.4. The van der Waals surface area contributed by atoms with Crippen molar-refractivity contribution in [3.8, 4) is 0 Å². The standard InChI is InChI=1S/C13H12Cl2O3/c1-12(8-13(12,14)15)11(17)18-7-10(16)9-5-3-2-4-6-9/h2-6H,7-8H2,1H3/t12-/m0/s1. The molecule has 1 atom stereocenters. The quantitative estimate of drug-likeness (QED) is 0.486. The molecule has 0 aromatic heterocycles. The molecule has 1 saturated carbocycles. The summed E-state index contributed by atoms with van der Waals surface area (Å²) in [7, 11) is 0. The van der Waals surface area contributed by atoms with Crippen molar-refractivity contribution in [2.24, 2.45) is 5.41 Å². The van der Waals surface area contributed by atoms with Gasteiger partial charge in [-0.25, -0.2) is 0 Å². The molecule has 3 nitrogen and oxygen atoms in total. The monoisotopic (exact) mass is 286 g/mol. The van der Waals surface area contributed by atoms with Gasteiger partial charge in [0.25, 0.3) is 0 Å². The number of carbonyl (C=O) groups excluding carboxylic acids is 2. The number of carbonyl (C=O) groups is 2. The zero-order chi connectivity index (χ0) is 13.4. The van der Waals surface area contributed by atoms with Gasteiger partial charge in [-0.15, -0.1) is 23.2 Å². The average Bonchev–Trinajstić information content (AvgIpc) is 2.87. The summed E-state index contributed by atoms with van der Waals surface area (Å²) in [6, 6.07) is 8.65. The van der Waals surface area contributed by atoms with Gasteiger partial charge >= 0.3 is 5.97 Å². The number of ether oxygens (including phenoxy) is 1. The molecule has 5 heteroatoms. The molecule has 0 heterocycles. The van der Waals surface area contributed by atoms with Crippen LogP contribution in [0.5, 0.6) is 0 Å². The topological polar surface area (TPSA) is 43.4 Å². The summed E-state index contributed by atoms with van der Waals surface area (Å²) in [6.07, 6.45) is 0.349. The molecule has 18 heavy (non-hydrogen) atoms. The van der Waals surface area contributed by atoms with Gasteiger partial charge in [-0.3, -0.25) is 9.59 Å². The lowest BCUT2D eigenvalue weighted by atomic mass is 10.1. The first-order chi connectivity index (χ1) is 8.37. The first-order valence-corrected chi connectivity index (χ1v) is 6.26. The minimum absolute atomic E-state index is 0.247. The van der Waals surface area contributed by atoms with Crippen LogP contribution in [0.2, 0.25) is 0 Å². The molecule has 0 radical (unpaired) electrons. The van der Waals surface area contributed by atoms with Crippen LogP contribution in [0.1, 0.15) is 23.7 Å². The van der Waals surface area contributed by atoms with E-state index in [0.717, 1.165) is 0 Å². The maximum absolute atomic E-state index is 11.7. The second kappa shape index (κ2) is 4.56. The van der Waals surface area contributed by atoms with E-state index < -0.39 is 15.7 Å². The fourth-order valence-corrected chi connectivity index (χ4v) is 2.31. The van der Waals surface area contributed by atoms with Crippen LogP contribution >= 0.6 is 23.2 Å². The average molecular weight is 287 g/mol. The van der Waals surface area contributed by atoms with E-state index in [2.05, 4.69) is 0 Å². The van der Waals surface area contributed by atoms with Crippen LogP contribution in [0.3, 0.4) is 0 Å². The number of alkyl halides is 2. The minimum Gasteiger partial charge on any atom is -0.457 e. The summed E-state index contributed by atoms with van der Waals surface area (Å²) in [6.45, 7) is 1.34. The van der Waals surface area contributed by atoms with E-state index in [9.17, 15) is 9.59 Å². The van der Waals surface area contributed by atoms with Crippen molar-refractivity contribution in [1.29, 1.82) is 0 Å². The summed E-state index contributed by atoms with van der Waals surface area (Å²) in [5.74, 6) is -0.778. The van der Waals surface area contributed by atoms with Gasteiger partial charge in [-0.05, 0) is 6.92 Å². The Kier molecular flexibility index (Phi) is 3.39. The second-order valence-corrected chi connectivity index (χ2v) is 6.06. The molecule has 1 fully saturated rings. The SMILES string of the molecule is C[C@@]1(C(=O)OCC(=O)c2ccccc2)CC1(Cl)Cl. The highest BCUT2D eigenvalue weighted by Gasteiger charge is 2.69. The van der Waals surface area contributed by atoms with Crippen molar-refractivity contribution < 1.29 is 14.3 Å². The van der Waals surface area contributed by atoms with E-state index in [-0.39, 0.29) is 12.4 Å². The van der Waals surface area contributed by atoms with Gasteiger partial charge in [0.15, 0.2) is 12.4 Å². The molecule has 1 aliphatic rings. The normalized spacial score (nSPS) is 24.4. The van der Waals surface area contributed by atoms with E-state index in [1.54, 1.807) is 31.2 Å². The molecule has 0 aliphatic heterocycles. The largest absolute Gasteiger partial charge is 0.457 e. The molecule has 0 unspecified atom stereocenters. The van der Waals surface area contributed by atoms with Gasteiger partial charge in [0.05, 0.1) is 0 Å². The number of ketones is 1. The lowest BCUT2D eigenvalue weighted by Gasteiger charge is -2.11.